The minimum atomic E-state index is -1.29. The van der Waals surface area contributed by atoms with Crippen molar-refractivity contribution in [3.8, 4) is 23.7 Å². The van der Waals surface area contributed by atoms with Crippen LogP contribution in [0.25, 0.3) is 0 Å². The first-order chi connectivity index (χ1) is 34.5. The Morgan fingerprint density at radius 3 is 1.72 bits per heavy atom. The van der Waals surface area contributed by atoms with Gasteiger partial charge in [0.2, 0.25) is 11.8 Å². The van der Waals surface area contributed by atoms with E-state index < -0.39 is 11.1 Å². The molecule has 2 rings (SSSR count). The van der Waals surface area contributed by atoms with Crippen molar-refractivity contribution in [2.75, 3.05) is 40.4 Å². The summed E-state index contributed by atoms with van der Waals surface area (Å²) < 4.78 is 11.3. The van der Waals surface area contributed by atoms with Gasteiger partial charge in [0.25, 0.3) is 0 Å². The number of carbonyl (C=O) groups excluding carboxylic acids is 4. The maximum absolute atomic E-state index is 15.5. The lowest BCUT2D eigenvalue weighted by Crippen LogP contribution is -2.65. The number of allylic oxidation sites excluding steroid dienone is 6. The van der Waals surface area contributed by atoms with Crippen molar-refractivity contribution in [2.45, 2.75) is 251 Å². The molecule has 400 valence electrons. The molecule has 2 amide bonds. The monoisotopic (exact) mass is 984 g/mol. The van der Waals surface area contributed by atoms with Gasteiger partial charge in [0, 0.05) is 57.0 Å². The van der Waals surface area contributed by atoms with Crippen molar-refractivity contribution in [3.05, 3.63) is 48.1 Å². The van der Waals surface area contributed by atoms with Crippen molar-refractivity contribution in [2.24, 2.45) is 5.92 Å². The summed E-state index contributed by atoms with van der Waals surface area (Å²) >= 11 is 0. The van der Waals surface area contributed by atoms with Crippen LogP contribution in [0.5, 0.6) is 0 Å². The Kier molecular flexibility index (Phi) is 35.9. The van der Waals surface area contributed by atoms with E-state index >= 15 is 4.79 Å². The number of ether oxygens (including phenoxy) is 2. The highest BCUT2D eigenvalue weighted by Gasteiger charge is 2.50. The third kappa shape index (κ3) is 29.3. The minimum absolute atomic E-state index is 0.0555. The van der Waals surface area contributed by atoms with Gasteiger partial charge >= 0.3 is 11.9 Å². The number of rotatable bonds is 40. The fourth-order valence-electron chi connectivity index (χ4n) is 10.0. The molecule has 0 aromatic rings. The number of esters is 2. The number of amides is 2. The fourth-order valence-corrected chi connectivity index (χ4v) is 10.0. The molecule has 71 heavy (non-hydrogen) atoms. The van der Waals surface area contributed by atoms with Gasteiger partial charge in [0.1, 0.15) is 18.8 Å². The second-order valence-electron chi connectivity index (χ2n) is 20.8. The van der Waals surface area contributed by atoms with Crippen LogP contribution in [-0.4, -0.2) is 85.0 Å². The van der Waals surface area contributed by atoms with E-state index in [1.807, 2.05) is 19.0 Å². The van der Waals surface area contributed by atoms with Crippen LogP contribution in [0.1, 0.15) is 240 Å². The molecule has 2 unspecified atom stereocenters. The summed E-state index contributed by atoms with van der Waals surface area (Å²) in [6.45, 7) is 10.5. The molecule has 9 heteroatoms. The van der Waals surface area contributed by atoms with Gasteiger partial charge in [0.15, 0.2) is 0 Å². The number of unbranched alkanes of at least 4 members (excludes halogenated alkanes) is 13. The highest BCUT2D eigenvalue weighted by Crippen LogP contribution is 2.44. The summed E-state index contributed by atoms with van der Waals surface area (Å²) in [7, 11) is 4.04. The Hall–Kier alpha value is -4.08. The molecule has 9 nitrogen and oxygen atoms in total. The molecule has 2 aliphatic carbocycles. The van der Waals surface area contributed by atoms with E-state index in [1.165, 1.54) is 63.4 Å². The number of fused-ring (bicyclic) bond motifs is 2. The normalized spacial score (nSPS) is 16.5. The van der Waals surface area contributed by atoms with E-state index in [0.717, 1.165) is 90.0 Å². The SMILES string of the molecule is CCCCC/C=C\C/C=C\C/C=C\CCCCC(=O)N(CCCN(C)C)C(CCCC(=O)OCCC#CCCCCCC)(CCCC(=O)OCCC#CCCCCCC)C(=O)NC12CC=C(CC(C)C1)C2. The zero-order valence-corrected chi connectivity index (χ0v) is 46.1. The van der Waals surface area contributed by atoms with Crippen molar-refractivity contribution in [1.82, 2.24) is 15.1 Å². The van der Waals surface area contributed by atoms with Gasteiger partial charge in [-0.1, -0.05) is 139 Å². The molecule has 2 bridgehead atoms. The van der Waals surface area contributed by atoms with Gasteiger partial charge in [-0.15, -0.1) is 11.8 Å². The predicted octanol–water partition coefficient (Wildman–Crippen LogP) is 14.3. The smallest absolute Gasteiger partial charge is 0.305 e. The molecule has 1 N–H and O–H groups in total. The molecule has 0 aliphatic heterocycles. The van der Waals surface area contributed by atoms with Gasteiger partial charge in [-0.2, -0.15) is 0 Å². The molecule has 0 spiro atoms. The van der Waals surface area contributed by atoms with Gasteiger partial charge < -0.3 is 24.6 Å². The van der Waals surface area contributed by atoms with Crippen LogP contribution >= 0.6 is 0 Å². The third-order valence-corrected chi connectivity index (χ3v) is 13.8. The largest absolute Gasteiger partial charge is 0.465 e. The Bertz CT molecular complexity index is 1680. The topological polar surface area (TPSA) is 105 Å². The number of carbonyl (C=O) groups is 4. The molecule has 2 aliphatic rings. The predicted molar refractivity (Wildman–Crippen MR) is 295 cm³/mol. The van der Waals surface area contributed by atoms with Crippen molar-refractivity contribution in [3.63, 3.8) is 0 Å². The van der Waals surface area contributed by atoms with Gasteiger partial charge in [-0.25, -0.2) is 0 Å². The molecule has 0 saturated heterocycles. The number of nitrogens with zero attached hydrogens (tertiary/aromatic N) is 2. The second kappa shape index (κ2) is 40.4. The Labute approximate surface area is 434 Å². The number of nitrogens with one attached hydrogen (secondary N) is 1. The average Bonchev–Trinajstić information content (AvgIpc) is 3.64. The van der Waals surface area contributed by atoms with E-state index in [-0.39, 0.29) is 62.7 Å². The quantitative estimate of drug-likeness (QED) is 0.0282. The molecule has 0 heterocycles. The lowest BCUT2D eigenvalue weighted by Gasteiger charge is -2.47. The van der Waals surface area contributed by atoms with Crippen molar-refractivity contribution >= 4 is 23.8 Å². The Morgan fingerprint density at radius 1 is 0.648 bits per heavy atom. The Balaban J connectivity index is 2.32. The van der Waals surface area contributed by atoms with Crippen LogP contribution in [0, 0.1) is 29.6 Å². The molecule has 0 aromatic carbocycles. The fraction of sp³-hybridized carbons (Fsp3) is 0.742. The van der Waals surface area contributed by atoms with Crippen LogP contribution < -0.4 is 5.32 Å². The van der Waals surface area contributed by atoms with Crippen LogP contribution in [-0.2, 0) is 28.7 Å². The first kappa shape index (κ1) is 63.0. The molecule has 0 aromatic heterocycles. The van der Waals surface area contributed by atoms with E-state index in [1.54, 1.807) is 0 Å². The maximum Gasteiger partial charge on any atom is 0.305 e. The van der Waals surface area contributed by atoms with Crippen LogP contribution in [0.2, 0.25) is 0 Å². The molecular formula is C62H101N3O6. The zero-order chi connectivity index (χ0) is 51.7. The minimum Gasteiger partial charge on any atom is -0.465 e. The molecule has 1 fully saturated rings. The second-order valence-corrected chi connectivity index (χ2v) is 20.8. The number of hydrogen-bond acceptors (Lipinski definition) is 7. The summed E-state index contributed by atoms with van der Waals surface area (Å²) in [6.07, 6.45) is 42.9. The van der Waals surface area contributed by atoms with Crippen LogP contribution in [0.4, 0.5) is 0 Å². The Morgan fingerprint density at radius 2 is 1.17 bits per heavy atom. The summed E-state index contributed by atoms with van der Waals surface area (Å²) in [4.78, 5) is 60.9. The molecule has 0 radical (unpaired) electrons. The van der Waals surface area contributed by atoms with Crippen molar-refractivity contribution < 1.29 is 28.7 Å². The van der Waals surface area contributed by atoms with Gasteiger partial charge in [0.05, 0.1) is 0 Å². The van der Waals surface area contributed by atoms with Crippen LogP contribution in [0.3, 0.4) is 0 Å². The standard InChI is InChI=1S/C62H101N3O6/c1-7-10-13-16-19-22-23-24-25-26-27-28-29-32-35-41-57(66)65(49-40-48-64(5)6)62(60(69)63-61-47-44-56(54-61)52-55(4)53-61,45-38-42-58(67)70-50-36-33-30-20-17-14-11-8-2)46-39-43-59(68)71-51-37-34-31-21-18-15-12-9-3/h19,22,24-25,27-28,44,55H,7-18,20-21,23,26,29,32,35-43,45-54H2,1-6H3,(H,63,69)/b22-19-,25-24-,28-27-. The summed E-state index contributed by atoms with van der Waals surface area (Å²) in [5, 5.41) is 3.59. The zero-order valence-electron chi connectivity index (χ0n) is 46.1. The van der Waals surface area contributed by atoms with E-state index in [9.17, 15) is 14.4 Å². The highest BCUT2D eigenvalue weighted by molar-refractivity contribution is 5.92. The van der Waals surface area contributed by atoms with Gasteiger partial charge in [-0.05, 0) is 142 Å². The van der Waals surface area contributed by atoms with Crippen LogP contribution in [0.15, 0.2) is 48.1 Å². The first-order valence-corrected chi connectivity index (χ1v) is 28.6. The number of hydrogen-bond donors (Lipinski definition) is 1. The highest BCUT2D eigenvalue weighted by atomic mass is 16.5. The van der Waals surface area contributed by atoms with E-state index in [2.05, 4.69) is 104 Å². The average molecular weight is 985 g/mol. The third-order valence-electron chi connectivity index (χ3n) is 13.8. The first-order valence-electron chi connectivity index (χ1n) is 28.6. The van der Waals surface area contributed by atoms with Crippen molar-refractivity contribution in [1.29, 1.82) is 0 Å². The van der Waals surface area contributed by atoms with E-state index in [4.69, 9.17) is 9.47 Å². The van der Waals surface area contributed by atoms with E-state index in [0.29, 0.717) is 57.4 Å². The lowest BCUT2D eigenvalue weighted by atomic mass is 9.76. The molecular weight excluding hydrogens is 883 g/mol. The summed E-state index contributed by atoms with van der Waals surface area (Å²) in [5.74, 6) is 12.3. The van der Waals surface area contributed by atoms with Gasteiger partial charge in [-0.3, -0.25) is 19.2 Å². The summed E-state index contributed by atoms with van der Waals surface area (Å²) in [5.41, 5.74) is -0.311. The molecule has 1 saturated carbocycles. The molecule has 2 atom stereocenters. The maximum atomic E-state index is 15.5. The summed E-state index contributed by atoms with van der Waals surface area (Å²) in [6, 6.07) is 0. The lowest BCUT2D eigenvalue weighted by molar-refractivity contribution is -0.152.